The van der Waals surface area contributed by atoms with Crippen molar-refractivity contribution in [2.24, 2.45) is 0 Å². The van der Waals surface area contributed by atoms with Crippen LogP contribution in [0.4, 0.5) is 0 Å². The van der Waals surface area contributed by atoms with Crippen molar-refractivity contribution in [1.82, 2.24) is 15.5 Å². The van der Waals surface area contributed by atoms with Gasteiger partial charge in [-0.05, 0) is 19.2 Å². The van der Waals surface area contributed by atoms with Gasteiger partial charge in [0.25, 0.3) is 0 Å². The molecule has 102 valence electrons. The number of rotatable bonds is 6. The summed E-state index contributed by atoms with van der Waals surface area (Å²) < 4.78 is 16.0. The van der Waals surface area contributed by atoms with E-state index in [1.807, 2.05) is 19.2 Å². The fraction of sp³-hybridized carbons (Fsp3) is 0.385. The van der Waals surface area contributed by atoms with Crippen LogP contribution in [0.5, 0.6) is 11.5 Å². The molecular weight excluding hydrogens is 246 g/mol. The largest absolute Gasteiger partial charge is 0.497 e. The van der Waals surface area contributed by atoms with E-state index in [0.717, 1.165) is 12.1 Å². The summed E-state index contributed by atoms with van der Waals surface area (Å²) in [5, 5.41) is 11.1. The van der Waals surface area contributed by atoms with Gasteiger partial charge in [0, 0.05) is 24.6 Å². The lowest BCUT2D eigenvalue weighted by atomic mass is 10.2. The first kappa shape index (κ1) is 13.4. The molecule has 2 rings (SSSR count). The smallest absolute Gasteiger partial charge is 0.248 e. The van der Waals surface area contributed by atoms with Gasteiger partial charge in [-0.25, -0.2) is 0 Å². The molecule has 6 nitrogen and oxygen atoms in total. The van der Waals surface area contributed by atoms with E-state index in [1.54, 1.807) is 20.3 Å². The summed E-state index contributed by atoms with van der Waals surface area (Å²) >= 11 is 0. The summed E-state index contributed by atoms with van der Waals surface area (Å²) in [5.41, 5.74) is 0.777. The van der Waals surface area contributed by atoms with Gasteiger partial charge in [0.2, 0.25) is 11.8 Å². The van der Waals surface area contributed by atoms with Crippen molar-refractivity contribution < 1.29 is 13.9 Å². The third-order valence-electron chi connectivity index (χ3n) is 2.65. The Bertz CT molecular complexity index is 517. The third kappa shape index (κ3) is 3.23. The lowest BCUT2D eigenvalue weighted by Crippen LogP contribution is -2.10. The first-order valence-corrected chi connectivity index (χ1v) is 5.97. The van der Waals surface area contributed by atoms with Crippen LogP contribution in [0.25, 0.3) is 11.5 Å². The van der Waals surface area contributed by atoms with Crippen molar-refractivity contribution in [3.63, 3.8) is 0 Å². The number of hydrogen-bond acceptors (Lipinski definition) is 6. The molecule has 0 saturated heterocycles. The highest BCUT2D eigenvalue weighted by molar-refractivity contribution is 5.59. The molecule has 0 unspecified atom stereocenters. The number of ether oxygens (including phenoxy) is 2. The van der Waals surface area contributed by atoms with Crippen molar-refractivity contribution in [1.29, 1.82) is 0 Å². The van der Waals surface area contributed by atoms with Crippen molar-refractivity contribution in [2.75, 3.05) is 27.8 Å². The molecular formula is C13H17N3O3. The number of hydrogen-bond donors (Lipinski definition) is 1. The van der Waals surface area contributed by atoms with E-state index >= 15 is 0 Å². The van der Waals surface area contributed by atoms with Crippen LogP contribution in [-0.2, 0) is 6.42 Å². The van der Waals surface area contributed by atoms with Crippen molar-refractivity contribution in [3.8, 4) is 23.0 Å². The Balaban J connectivity index is 2.27. The van der Waals surface area contributed by atoms with Crippen LogP contribution >= 0.6 is 0 Å². The van der Waals surface area contributed by atoms with Crippen LogP contribution in [0.1, 0.15) is 5.89 Å². The molecule has 0 amide bonds. The Labute approximate surface area is 111 Å². The molecule has 19 heavy (non-hydrogen) atoms. The molecule has 1 N–H and O–H groups in total. The maximum Gasteiger partial charge on any atom is 0.248 e. The quantitative estimate of drug-likeness (QED) is 0.852. The van der Waals surface area contributed by atoms with Gasteiger partial charge in [0.15, 0.2) is 0 Å². The Morgan fingerprint density at radius 1 is 1.11 bits per heavy atom. The Morgan fingerprint density at radius 2 is 1.79 bits per heavy atom. The van der Waals surface area contributed by atoms with Gasteiger partial charge in [-0.3, -0.25) is 0 Å². The summed E-state index contributed by atoms with van der Waals surface area (Å²) in [6, 6.07) is 5.46. The van der Waals surface area contributed by atoms with Gasteiger partial charge < -0.3 is 19.2 Å². The summed E-state index contributed by atoms with van der Waals surface area (Å²) in [7, 11) is 5.08. The average Bonchev–Trinajstić information content (AvgIpc) is 2.93. The molecule has 0 aliphatic carbocycles. The predicted molar refractivity (Wildman–Crippen MR) is 70.5 cm³/mol. The molecule has 0 bridgehead atoms. The summed E-state index contributed by atoms with van der Waals surface area (Å²) in [6.07, 6.45) is 0.699. The molecule has 0 atom stereocenters. The monoisotopic (exact) mass is 263 g/mol. The second kappa shape index (κ2) is 6.19. The standard InChI is InChI=1S/C13H17N3O3/c1-14-5-4-12-15-16-13(19-12)9-6-10(17-2)8-11(7-9)18-3/h6-8,14H,4-5H2,1-3H3. The van der Waals surface area contributed by atoms with E-state index < -0.39 is 0 Å². The highest BCUT2D eigenvalue weighted by Crippen LogP contribution is 2.28. The van der Waals surface area contributed by atoms with Crippen molar-refractivity contribution >= 4 is 0 Å². The fourth-order valence-electron chi connectivity index (χ4n) is 1.63. The van der Waals surface area contributed by atoms with E-state index in [1.165, 1.54) is 0 Å². The van der Waals surface area contributed by atoms with Crippen LogP contribution in [0.15, 0.2) is 22.6 Å². The maximum absolute atomic E-state index is 5.60. The van der Waals surface area contributed by atoms with Gasteiger partial charge in [-0.15, -0.1) is 10.2 Å². The molecule has 1 aromatic heterocycles. The lowest BCUT2D eigenvalue weighted by molar-refractivity contribution is 0.394. The maximum atomic E-state index is 5.60. The van der Waals surface area contributed by atoms with E-state index in [4.69, 9.17) is 13.9 Å². The SMILES string of the molecule is CNCCc1nnc(-c2cc(OC)cc(OC)c2)o1. The number of aromatic nitrogens is 2. The summed E-state index contributed by atoms with van der Waals surface area (Å²) in [4.78, 5) is 0. The minimum absolute atomic E-state index is 0.461. The lowest BCUT2D eigenvalue weighted by Gasteiger charge is -2.05. The molecule has 1 aromatic carbocycles. The molecule has 0 fully saturated rings. The first-order chi connectivity index (χ1) is 9.26. The zero-order chi connectivity index (χ0) is 13.7. The van der Waals surface area contributed by atoms with E-state index in [-0.39, 0.29) is 0 Å². The second-order valence-electron chi connectivity index (χ2n) is 3.96. The van der Waals surface area contributed by atoms with Crippen LogP contribution in [-0.4, -0.2) is 38.0 Å². The molecule has 1 heterocycles. The van der Waals surface area contributed by atoms with Gasteiger partial charge >= 0.3 is 0 Å². The van der Waals surface area contributed by atoms with Gasteiger partial charge in [0.05, 0.1) is 14.2 Å². The van der Waals surface area contributed by atoms with Crippen LogP contribution in [0.3, 0.4) is 0 Å². The third-order valence-corrected chi connectivity index (χ3v) is 2.65. The van der Waals surface area contributed by atoms with E-state index in [0.29, 0.717) is 29.7 Å². The number of nitrogens with zero attached hydrogens (tertiary/aromatic N) is 2. The zero-order valence-corrected chi connectivity index (χ0v) is 11.3. The number of likely N-dealkylation sites (N-methyl/N-ethyl adjacent to an activating group) is 1. The highest BCUT2D eigenvalue weighted by atomic mass is 16.5. The Kier molecular flexibility index (Phi) is 4.35. The van der Waals surface area contributed by atoms with Gasteiger partial charge in [-0.2, -0.15) is 0 Å². The molecule has 0 radical (unpaired) electrons. The molecule has 0 saturated carbocycles. The fourth-order valence-corrected chi connectivity index (χ4v) is 1.63. The normalized spacial score (nSPS) is 10.5. The molecule has 2 aromatic rings. The molecule has 0 aliphatic rings. The number of methoxy groups -OCH3 is 2. The Hall–Kier alpha value is -2.08. The van der Waals surface area contributed by atoms with Crippen LogP contribution in [0, 0.1) is 0 Å². The predicted octanol–water partition coefficient (Wildman–Crippen LogP) is 1.52. The summed E-state index contributed by atoms with van der Waals surface area (Å²) in [6.45, 7) is 0.795. The minimum atomic E-state index is 0.461. The van der Waals surface area contributed by atoms with Crippen molar-refractivity contribution in [3.05, 3.63) is 24.1 Å². The number of benzene rings is 1. The Morgan fingerprint density at radius 3 is 2.37 bits per heavy atom. The van der Waals surface area contributed by atoms with Crippen LogP contribution < -0.4 is 14.8 Å². The van der Waals surface area contributed by atoms with Gasteiger partial charge in [-0.1, -0.05) is 0 Å². The average molecular weight is 263 g/mol. The zero-order valence-electron chi connectivity index (χ0n) is 11.3. The highest BCUT2D eigenvalue weighted by Gasteiger charge is 2.11. The van der Waals surface area contributed by atoms with Crippen molar-refractivity contribution in [2.45, 2.75) is 6.42 Å². The van der Waals surface area contributed by atoms with Gasteiger partial charge in [0.1, 0.15) is 11.5 Å². The minimum Gasteiger partial charge on any atom is -0.497 e. The molecule has 0 spiro atoms. The first-order valence-electron chi connectivity index (χ1n) is 5.97. The molecule has 0 aliphatic heterocycles. The summed E-state index contributed by atoms with van der Waals surface area (Å²) in [5.74, 6) is 2.43. The molecule has 6 heteroatoms. The second-order valence-corrected chi connectivity index (χ2v) is 3.96. The topological polar surface area (TPSA) is 69.4 Å². The van der Waals surface area contributed by atoms with Crippen LogP contribution in [0.2, 0.25) is 0 Å². The van der Waals surface area contributed by atoms with E-state index in [2.05, 4.69) is 15.5 Å². The van der Waals surface area contributed by atoms with E-state index in [9.17, 15) is 0 Å². The number of nitrogens with one attached hydrogen (secondary N) is 1.